The normalized spacial score (nSPS) is 17.3. The molecule has 0 amide bonds. The summed E-state index contributed by atoms with van der Waals surface area (Å²) in [6.07, 6.45) is 8.05. The molecule has 1 N–H and O–H groups in total. The van der Waals surface area contributed by atoms with E-state index in [0.29, 0.717) is 5.92 Å². The third-order valence-corrected chi connectivity index (χ3v) is 4.75. The van der Waals surface area contributed by atoms with Crippen LogP contribution in [0.2, 0.25) is 0 Å². The van der Waals surface area contributed by atoms with Crippen LogP contribution in [-0.2, 0) is 6.54 Å². The van der Waals surface area contributed by atoms with Crippen molar-refractivity contribution < 1.29 is 0 Å². The Morgan fingerprint density at radius 2 is 2.14 bits per heavy atom. The van der Waals surface area contributed by atoms with Crippen molar-refractivity contribution in [2.45, 2.75) is 25.3 Å². The maximum atomic E-state index is 4.19. The monoisotopic (exact) mass is 295 g/mol. The highest BCUT2D eigenvalue weighted by Crippen LogP contribution is 2.33. The molecule has 114 valence electrons. The fourth-order valence-corrected chi connectivity index (χ4v) is 3.45. The van der Waals surface area contributed by atoms with Gasteiger partial charge in [-0.05, 0) is 62.2 Å². The smallest absolute Gasteiger partial charge is 0.137 e. The van der Waals surface area contributed by atoms with Gasteiger partial charge in [-0.25, -0.2) is 9.67 Å². The molecule has 1 aliphatic rings. The lowest BCUT2D eigenvalue weighted by atomic mass is 9.89. The lowest BCUT2D eigenvalue weighted by Crippen LogP contribution is -2.29. The van der Waals surface area contributed by atoms with Gasteiger partial charge in [0.25, 0.3) is 0 Å². The Balaban J connectivity index is 1.64. The van der Waals surface area contributed by atoms with Crippen molar-refractivity contribution in [1.82, 2.24) is 24.6 Å². The van der Waals surface area contributed by atoms with Crippen molar-refractivity contribution in [2.24, 2.45) is 0 Å². The maximum absolute atomic E-state index is 4.19. The number of nitrogens with one attached hydrogen (secondary N) is 1. The SMILES string of the molecule is CN1CCC(c2c[nH]c3ccc(Cn4cncn4)cc23)CC1. The molecule has 0 radical (unpaired) electrons. The van der Waals surface area contributed by atoms with E-state index in [9.17, 15) is 0 Å². The van der Waals surface area contributed by atoms with Gasteiger partial charge in [-0.15, -0.1) is 0 Å². The van der Waals surface area contributed by atoms with Crippen LogP contribution in [0.1, 0.15) is 29.9 Å². The van der Waals surface area contributed by atoms with E-state index in [1.807, 2.05) is 4.68 Å². The molecule has 0 bridgehead atoms. The van der Waals surface area contributed by atoms with Crippen LogP contribution in [0, 0.1) is 0 Å². The first-order valence-corrected chi connectivity index (χ1v) is 7.90. The van der Waals surface area contributed by atoms with Gasteiger partial charge in [0.2, 0.25) is 0 Å². The van der Waals surface area contributed by atoms with Gasteiger partial charge in [-0.1, -0.05) is 6.07 Å². The lowest BCUT2D eigenvalue weighted by Gasteiger charge is -2.28. The number of H-pyrrole nitrogens is 1. The first-order valence-electron chi connectivity index (χ1n) is 7.90. The van der Waals surface area contributed by atoms with Crippen molar-refractivity contribution in [1.29, 1.82) is 0 Å². The molecule has 3 heterocycles. The van der Waals surface area contributed by atoms with E-state index < -0.39 is 0 Å². The molecule has 5 heteroatoms. The number of likely N-dealkylation sites (tertiary alicyclic amines) is 1. The highest BCUT2D eigenvalue weighted by Gasteiger charge is 2.21. The third-order valence-electron chi connectivity index (χ3n) is 4.75. The molecule has 0 saturated carbocycles. The summed E-state index contributed by atoms with van der Waals surface area (Å²) in [5.74, 6) is 0.673. The molecule has 1 saturated heterocycles. The van der Waals surface area contributed by atoms with Gasteiger partial charge in [0.1, 0.15) is 12.7 Å². The van der Waals surface area contributed by atoms with Gasteiger partial charge < -0.3 is 9.88 Å². The number of fused-ring (bicyclic) bond motifs is 1. The van der Waals surface area contributed by atoms with E-state index >= 15 is 0 Å². The highest BCUT2D eigenvalue weighted by atomic mass is 15.3. The molecule has 22 heavy (non-hydrogen) atoms. The number of nitrogens with zero attached hydrogens (tertiary/aromatic N) is 4. The summed E-state index contributed by atoms with van der Waals surface area (Å²) >= 11 is 0. The maximum Gasteiger partial charge on any atom is 0.137 e. The van der Waals surface area contributed by atoms with E-state index in [1.165, 1.54) is 48.0 Å². The second-order valence-electron chi connectivity index (χ2n) is 6.29. The van der Waals surface area contributed by atoms with Gasteiger partial charge in [-0.3, -0.25) is 0 Å². The van der Waals surface area contributed by atoms with Crippen molar-refractivity contribution in [3.05, 3.63) is 48.2 Å². The fourth-order valence-electron chi connectivity index (χ4n) is 3.45. The Labute approximate surface area is 130 Å². The largest absolute Gasteiger partial charge is 0.361 e. The van der Waals surface area contributed by atoms with E-state index in [2.05, 4.69) is 51.4 Å². The summed E-state index contributed by atoms with van der Waals surface area (Å²) in [5.41, 5.74) is 3.98. The third kappa shape index (κ3) is 2.52. The Morgan fingerprint density at radius 3 is 2.91 bits per heavy atom. The molecule has 4 rings (SSSR count). The second kappa shape index (κ2) is 5.57. The van der Waals surface area contributed by atoms with Crippen molar-refractivity contribution in [2.75, 3.05) is 20.1 Å². The van der Waals surface area contributed by atoms with Gasteiger partial charge in [-0.2, -0.15) is 5.10 Å². The minimum Gasteiger partial charge on any atom is -0.361 e. The minimum absolute atomic E-state index is 0.673. The van der Waals surface area contributed by atoms with Crippen molar-refractivity contribution in [3.8, 4) is 0 Å². The molecule has 2 aromatic heterocycles. The van der Waals surface area contributed by atoms with Gasteiger partial charge in [0.15, 0.2) is 0 Å². The molecule has 1 aliphatic heterocycles. The predicted molar refractivity (Wildman–Crippen MR) is 86.9 cm³/mol. The van der Waals surface area contributed by atoms with Crippen LogP contribution in [0.4, 0.5) is 0 Å². The zero-order valence-electron chi connectivity index (χ0n) is 12.9. The average Bonchev–Trinajstić information content (AvgIpc) is 3.17. The molecule has 0 atom stereocenters. The molecule has 1 aromatic carbocycles. The van der Waals surface area contributed by atoms with Crippen LogP contribution < -0.4 is 0 Å². The van der Waals surface area contributed by atoms with Crippen LogP contribution in [0.25, 0.3) is 10.9 Å². The number of hydrogen-bond donors (Lipinski definition) is 1. The molecule has 0 spiro atoms. The molecular formula is C17H21N5. The first kappa shape index (κ1) is 13.5. The van der Waals surface area contributed by atoms with Gasteiger partial charge >= 0.3 is 0 Å². The molecule has 0 unspecified atom stereocenters. The van der Waals surface area contributed by atoms with Crippen molar-refractivity contribution >= 4 is 10.9 Å². The summed E-state index contributed by atoms with van der Waals surface area (Å²) in [6.45, 7) is 3.15. The van der Waals surface area contributed by atoms with E-state index in [-0.39, 0.29) is 0 Å². The van der Waals surface area contributed by atoms with Crippen LogP contribution in [-0.4, -0.2) is 44.8 Å². The molecule has 0 aliphatic carbocycles. The van der Waals surface area contributed by atoms with E-state index in [1.54, 1.807) is 12.7 Å². The quantitative estimate of drug-likeness (QED) is 0.808. The standard InChI is InChI=1S/C17H21N5/c1-21-6-4-14(5-7-21)16-9-19-17-3-2-13(8-15(16)17)10-22-12-18-11-20-22/h2-3,8-9,11-12,14,19H,4-7,10H2,1H3. The Bertz CT molecular complexity index is 751. The summed E-state index contributed by atoms with van der Waals surface area (Å²) in [7, 11) is 2.21. The number of aromatic amines is 1. The zero-order chi connectivity index (χ0) is 14.9. The van der Waals surface area contributed by atoms with E-state index in [0.717, 1.165) is 6.54 Å². The summed E-state index contributed by atoms with van der Waals surface area (Å²) in [4.78, 5) is 9.86. The van der Waals surface area contributed by atoms with Crippen LogP contribution in [0.15, 0.2) is 37.1 Å². The van der Waals surface area contributed by atoms with Crippen LogP contribution >= 0.6 is 0 Å². The first-order chi connectivity index (χ1) is 10.8. The fraction of sp³-hybridized carbons (Fsp3) is 0.412. The van der Waals surface area contributed by atoms with Crippen LogP contribution in [0.5, 0.6) is 0 Å². The molecular weight excluding hydrogens is 274 g/mol. The zero-order valence-corrected chi connectivity index (χ0v) is 12.9. The topological polar surface area (TPSA) is 49.7 Å². The Kier molecular flexibility index (Phi) is 3.42. The number of piperidine rings is 1. The summed E-state index contributed by atoms with van der Waals surface area (Å²) in [5, 5.41) is 5.56. The van der Waals surface area contributed by atoms with Gasteiger partial charge in [0.05, 0.1) is 6.54 Å². The average molecular weight is 295 g/mol. The molecule has 1 fully saturated rings. The summed E-state index contributed by atoms with van der Waals surface area (Å²) < 4.78 is 1.86. The molecule has 5 nitrogen and oxygen atoms in total. The predicted octanol–water partition coefficient (Wildman–Crippen LogP) is 2.62. The Morgan fingerprint density at radius 1 is 1.27 bits per heavy atom. The van der Waals surface area contributed by atoms with Gasteiger partial charge in [0, 0.05) is 17.1 Å². The second-order valence-corrected chi connectivity index (χ2v) is 6.29. The van der Waals surface area contributed by atoms with Crippen molar-refractivity contribution in [3.63, 3.8) is 0 Å². The number of hydrogen-bond acceptors (Lipinski definition) is 3. The Hall–Kier alpha value is -2.14. The number of aromatic nitrogens is 4. The minimum atomic E-state index is 0.673. The van der Waals surface area contributed by atoms with Crippen LogP contribution in [0.3, 0.4) is 0 Å². The highest BCUT2D eigenvalue weighted by molar-refractivity contribution is 5.84. The summed E-state index contributed by atoms with van der Waals surface area (Å²) in [6, 6.07) is 6.65. The number of rotatable bonds is 3. The lowest BCUT2D eigenvalue weighted by molar-refractivity contribution is 0.256. The number of benzene rings is 1. The molecule has 3 aromatic rings. The van der Waals surface area contributed by atoms with E-state index in [4.69, 9.17) is 0 Å².